The Bertz CT molecular complexity index is 123. The van der Waals surface area contributed by atoms with Crippen molar-refractivity contribution in [2.45, 2.75) is 12.4 Å². The van der Waals surface area contributed by atoms with E-state index in [0.29, 0.717) is 23.5 Å². The van der Waals surface area contributed by atoms with Gasteiger partial charge < -0.3 is 0 Å². The average Bonchev–Trinajstić information content (AvgIpc) is 1.81. The van der Waals surface area contributed by atoms with E-state index in [-0.39, 0.29) is 5.08 Å². The van der Waals surface area contributed by atoms with Gasteiger partial charge >= 0.3 is 12.4 Å². The van der Waals surface area contributed by atoms with Crippen molar-refractivity contribution in [3.63, 3.8) is 0 Å². The first-order valence-electron chi connectivity index (χ1n) is 3.00. The number of rotatable bonds is 4. The third-order valence-corrected chi connectivity index (χ3v) is 3.09. The van der Waals surface area contributed by atoms with Gasteiger partial charge in [0.2, 0.25) is 0 Å². The molecule has 13 heavy (non-hydrogen) atoms. The molecular weight excluding hydrogens is 238 g/mol. The van der Waals surface area contributed by atoms with E-state index in [1.54, 1.807) is 0 Å². The van der Waals surface area contributed by atoms with E-state index in [0.717, 1.165) is 0 Å². The molecule has 0 unspecified atom stereocenters. The predicted octanol–water partition coefficient (Wildman–Crippen LogP) is 3.53. The van der Waals surface area contributed by atoms with Crippen molar-refractivity contribution >= 4 is 23.5 Å². The monoisotopic (exact) mass is 244 g/mol. The van der Waals surface area contributed by atoms with Crippen molar-refractivity contribution in [2.75, 3.05) is 16.6 Å². The molecule has 0 aromatic rings. The van der Waals surface area contributed by atoms with Crippen LogP contribution in [-0.2, 0) is 0 Å². The number of hydrogen-bond donors (Lipinski definition) is 0. The molecule has 0 aromatic carbocycles. The Balaban J connectivity index is 3.28. The Morgan fingerprint density at radius 2 is 1.00 bits per heavy atom. The van der Waals surface area contributed by atoms with Crippen LogP contribution in [0, 0.1) is 0 Å². The topological polar surface area (TPSA) is 0 Å². The highest BCUT2D eigenvalue weighted by molar-refractivity contribution is 8.16. The van der Waals surface area contributed by atoms with E-state index in [9.17, 15) is 26.3 Å². The van der Waals surface area contributed by atoms with Crippen LogP contribution in [-0.4, -0.2) is 28.9 Å². The summed E-state index contributed by atoms with van der Waals surface area (Å²) in [6.45, 7) is 0. The van der Waals surface area contributed by atoms with Gasteiger partial charge in [0, 0.05) is 5.08 Å². The first kappa shape index (κ1) is 13.3. The van der Waals surface area contributed by atoms with Crippen molar-refractivity contribution in [3.8, 4) is 0 Å². The largest absolute Gasteiger partial charge is 0.397 e. The summed E-state index contributed by atoms with van der Waals surface area (Å²) in [5.41, 5.74) is 0. The molecule has 0 amide bonds. The minimum atomic E-state index is -4.30. The summed E-state index contributed by atoms with van der Waals surface area (Å²) in [5, 5.41) is -0.195. The maximum absolute atomic E-state index is 11.5. The van der Waals surface area contributed by atoms with Crippen LogP contribution in [0.1, 0.15) is 0 Å². The van der Waals surface area contributed by atoms with Gasteiger partial charge in [0.15, 0.2) is 0 Å². The Morgan fingerprint density at radius 1 is 0.692 bits per heavy atom. The molecule has 0 bridgehead atoms. The number of alkyl halides is 6. The van der Waals surface area contributed by atoms with Crippen LogP contribution in [0.25, 0.3) is 0 Å². The number of hydrogen-bond acceptors (Lipinski definition) is 2. The molecule has 0 rings (SSSR count). The number of thioether (sulfide) groups is 2. The predicted molar refractivity (Wildman–Crippen MR) is 41.9 cm³/mol. The maximum atomic E-state index is 11.5. The molecule has 0 aliphatic carbocycles. The van der Waals surface area contributed by atoms with Gasteiger partial charge in [-0.15, -0.1) is 23.5 Å². The Labute approximate surface area is 79.4 Å². The third kappa shape index (κ3) is 12.3. The summed E-state index contributed by atoms with van der Waals surface area (Å²) in [7, 11) is 0. The lowest BCUT2D eigenvalue weighted by atomic mass is 10.8. The van der Waals surface area contributed by atoms with E-state index in [1.165, 1.54) is 0 Å². The smallest absolute Gasteiger partial charge is 0.170 e. The molecule has 0 atom stereocenters. The summed E-state index contributed by atoms with van der Waals surface area (Å²) in [6.07, 6.45) is -8.60. The van der Waals surface area contributed by atoms with Crippen LogP contribution in [0.5, 0.6) is 0 Å². The van der Waals surface area contributed by atoms with E-state index in [1.807, 2.05) is 0 Å². The number of halogens is 6. The van der Waals surface area contributed by atoms with Crippen LogP contribution in [0.3, 0.4) is 0 Å². The van der Waals surface area contributed by atoms with Crippen LogP contribution in [0.4, 0.5) is 26.3 Å². The lowest BCUT2D eigenvalue weighted by Gasteiger charge is -2.07. The average molecular weight is 244 g/mol. The molecule has 0 radical (unpaired) electrons. The summed E-state index contributed by atoms with van der Waals surface area (Å²) in [5.74, 6) is -2.20. The van der Waals surface area contributed by atoms with Gasteiger partial charge in [-0.3, -0.25) is 0 Å². The van der Waals surface area contributed by atoms with Gasteiger partial charge in [0.05, 0.1) is 11.5 Å². The second-order valence-corrected chi connectivity index (χ2v) is 4.38. The lowest BCUT2D eigenvalue weighted by molar-refractivity contribution is -0.105. The van der Waals surface area contributed by atoms with Crippen molar-refractivity contribution in [2.24, 2.45) is 0 Å². The lowest BCUT2D eigenvalue weighted by Crippen LogP contribution is -2.12. The van der Waals surface area contributed by atoms with E-state index in [4.69, 9.17) is 0 Å². The summed E-state index contributed by atoms with van der Waals surface area (Å²) >= 11 is 0.878. The highest BCUT2D eigenvalue weighted by Gasteiger charge is 2.28. The normalized spacial score (nSPS) is 13.4. The summed E-state index contributed by atoms with van der Waals surface area (Å²) in [4.78, 5) is 0. The molecule has 0 N–H and O–H groups in total. The standard InChI is InChI=1S/C5H6F6S2/c6-4(7,8)1-12-3-13-2-5(9,10)11/h1-3H2. The van der Waals surface area contributed by atoms with Crippen molar-refractivity contribution in [1.29, 1.82) is 0 Å². The zero-order chi connectivity index (χ0) is 10.5. The van der Waals surface area contributed by atoms with E-state index < -0.39 is 23.9 Å². The Kier molecular flexibility index (Phi) is 5.35. The second-order valence-electron chi connectivity index (χ2n) is 2.05. The second kappa shape index (κ2) is 5.23. The van der Waals surface area contributed by atoms with Crippen molar-refractivity contribution in [1.82, 2.24) is 0 Å². The SMILES string of the molecule is FC(F)(F)CSCSCC(F)(F)F. The summed E-state index contributed by atoms with van der Waals surface area (Å²) in [6, 6.07) is 0. The minimum Gasteiger partial charge on any atom is -0.170 e. The van der Waals surface area contributed by atoms with Crippen LogP contribution in [0.15, 0.2) is 0 Å². The molecule has 0 spiro atoms. The molecule has 0 fully saturated rings. The van der Waals surface area contributed by atoms with Gasteiger partial charge in [-0.2, -0.15) is 26.3 Å². The van der Waals surface area contributed by atoms with Crippen molar-refractivity contribution < 1.29 is 26.3 Å². The molecule has 8 heteroatoms. The quantitative estimate of drug-likeness (QED) is 0.421. The van der Waals surface area contributed by atoms with Gasteiger partial charge in [-0.25, -0.2) is 0 Å². The van der Waals surface area contributed by atoms with Gasteiger partial charge in [-0.1, -0.05) is 0 Å². The van der Waals surface area contributed by atoms with E-state index in [2.05, 4.69) is 0 Å². The van der Waals surface area contributed by atoms with Gasteiger partial charge in [0.1, 0.15) is 0 Å². The third-order valence-electron chi connectivity index (χ3n) is 0.698. The fourth-order valence-corrected chi connectivity index (χ4v) is 1.97. The van der Waals surface area contributed by atoms with Crippen LogP contribution < -0.4 is 0 Å². The van der Waals surface area contributed by atoms with Crippen LogP contribution >= 0.6 is 23.5 Å². The molecule has 0 saturated carbocycles. The molecule has 80 valence electrons. The fraction of sp³-hybridized carbons (Fsp3) is 1.00. The van der Waals surface area contributed by atoms with Crippen LogP contribution in [0.2, 0.25) is 0 Å². The van der Waals surface area contributed by atoms with E-state index >= 15 is 0 Å². The zero-order valence-corrected chi connectivity index (χ0v) is 7.84. The molecule has 0 nitrogen and oxygen atoms in total. The molecule has 0 aliphatic rings. The maximum Gasteiger partial charge on any atom is 0.397 e. The minimum absolute atomic E-state index is 0.195. The highest BCUT2D eigenvalue weighted by atomic mass is 32.2. The fourth-order valence-electron chi connectivity index (χ4n) is 0.374. The van der Waals surface area contributed by atoms with Gasteiger partial charge in [-0.05, 0) is 0 Å². The summed E-state index contributed by atoms with van der Waals surface area (Å²) < 4.78 is 68.8. The zero-order valence-electron chi connectivity index (χ0n) is 6.21. The molecule has 0 heterocycles. The molecule has 0 saturated heterocycles. The Hall–Kier alpha value is 0.280. The van der Waals surface area contributed by atoms with Crippen molar-refractivity contribution in [3.05, 3.63) is 0 Å². The first-order valence-corrected chi connectivity index (χ1v) is 5.31. The molecule has 0 aliphatic heterocycles. The molecule has 0 aromatic heterocycles. The highest BCUT2D eigenvalue weighted by Crippen LogP contribution is 2.27. The Morgan fingerprint density at radius 3 is 1.23 bits per heavy atom. The first-order chi connectivity index (χ1) is 5.71. The molecular formula is C5H6F6S2. The van der Waals surface area contributed by atoms with Gasteiger partial charge in [0.25, 0.3) is 0 Å².